The number of phenols is 1. The minimum Gasteiger partial charge on any atom is -1.00 e. The van der Waals surface area contributed by atoms with Crippen LogP contribution in [-0.2, 0) is 10.1 Å². The standard InChI is InChI=1S/C7H8O4S.Na.H/c1-5-2-3-7(6(8)4-5)12(9,10)11;;/h2-4,8H,1H3,(H,9,10,11);;/q;+1;-1. The van der Waals surface area contributed by atoms with Gasteiger partial charge in [-0.3, -0.25) is 4.55 Å². The van der Waals surface area contributed by atoms with Gasteiger partial charge in [0.15, 0.2) is 0 Å². The minimum absolute atomic E-state index is 0. The molecule has 4 nitrogen and oxygen atoms in total. The van der Waals surface area contributed by atoms with E-state index in [2.05, 4.69) is 0 Å². The van der Waals surface area contributed by atoms with Crippen molar-refractivity contribution in [2.24, 2.45) is 0 Å². The van der Waals surface area contributed by atoms with Crippen LogP contribution in [0, 0.1) is 6.92 Å². The van der Waals surface area contributed by atoms with Crippen molar-refractivity contribution in [3.63, 3.8) is 0 Å². The SMILES string of the molecule is Cc1ccc(S(=O)(=O)O)c(O)c1.[H-].[Na+]. The molecule has 68 valence electrons. The van der Waals surface area contributed by atoms with Crippen molar-refractivity contribution in [2.45, 2.75) is 11.8 Å². The predicted octanol–water partition coefficient (Wildman–Crippen LogP) is -1.94. The number of aryl methyl sites for hydroxylation is 1. The molecule has 0 aliphatic rings. The van der Waals surface area contributed by atoms with Crippen LogP contribution in [0.1, 0.15) is 6.99 Å². The van der Waals surface area contributed by atoms with Crippen LogP contribution in [0.5, 0.6) is 5.75 Å². The molecule has 0 heterocycles. The van der Waals surface area contributed by atoms with Crippen LogP contribution in [0.15, 0.2) is 23.1 Å². The van der Waals surface area contributed by atoms with Gasteiger partial charge in [-0.25, -0.2) is 0 Å². The molecule has 0 aliphatic heterocycles. The number of benzene rings is 1. The molecule has 0 radical (unpaired) electrons. The zero-order valence-corrected chi connectivity index (χ0v) is 10.2. The van der Waals surface area contributed by atoms with Gasteiger partial charge in [0.25, 0.3) is 10.1 Å². The number of hydrogen-bond donors (Lipinski definition) is 2. The maximum atomic E-state index is 10.6. The molecule has 0 atom stereocenters. The molecule has 1 rings (SSSR count). The second-order valence-corrected chi connectivity index (χ2v) is 3.84. The molecule has 0 fully saturated rings. The Morgan fingerprint density at radius 3 is 2.31 bits per heavy atom. The third-order valence-corrected chi connectivity index (χ3v) is 2.29. The van der Waals surface area contributed by atoms with Crippen LogP contribution in [0.25, 0.3) is 0 Å². The molecular weight excluding hydrogens is 203 g/mol. The fraction of sp³-hybridized carbons (Fsp3) is 0.143. The fourth-order valence-electron chi connectivity index (χ4n) is 0.846. The van der Waals surface area contributed by atoms with Crippen LogP contribution in [0.3, 0.4) is 0 Å². The van der Waals surface area contributed by atoms with Gasteiger partial charge in [0.1, 0.15) is 10.6 Å². The molecule has 6 heteroatoms. The quantitative estimate of drug-likeness (QED) is 0.419. The number of hydrogen-bond acceptors (Lipinski definition) is 3. The Balaban J connectivity index is 0. The summed E-state index contributed by atoms with van der Waals surface area (Å²) in [6, 6.07) is 3.91. The van der Waals surface area contributed by atoms with E-state index in [1.54, 1.807) is 6.92 Å². The van der Waals surface area contributed by atoms with Crippen LogP contribution < -0.4 is 29.6 Å². The molecule has 1 aromatic carbocycles. The van der Waals surface area contributed by atoms with Crippen LogP contribution in [-0.4, -0.2) is 18.1 Å². The second-order valence-electron chi connectivity index (χ2n) is 2.45. The van der Waals surface area contributed by atoms with Crippen molar-refractivity contribution in [3.05, 3.63) is 23.8 Å². The number of aromatic hydroxyl groups is 1. The van der Waals surface area contributed by atoms with E-state index in [9.17, 15) is 8.42 Å². The van der Waals surface area contributed by atoms with Crippen molar-refractivity contribution in [3.8, 4) is 5.75 Å². The van der Waals surface area contributed by atoms with Gasteiger partial charge < -0.3 is 6.53 Å². The summed E-state index contributed by atoms with van der Waals surface area (Å²) in [6.45, 7) is 1.70. The molecule has 0 saturated carbocycles. The first-order chi connectivity index (χ1) is 5.41. The summed E-state index contributed by atoms with van der Waals surface area (Å²) in [6.07, 6.45) is 0. The molecule has 0 aliphatic carbocycles. The molecular formula is C7H9NaO4S. The van der Waals surface area contributed by atoms with Crippen molar-refractivity contribution in [1.29, 1.82) is 0 Å². The van der Waals surface area contributed by atoms with Gasteiger partial charge in [-0.05, 0) is 24.6 Å². The summed E-state index contributed by atoms with van der Waals surface area (Å²) in [7, 11) is -4.30. The Labute approximate surface area is 100 Å². The third kappa shape index (κ3) is 3.28. The molecule has 0 aromatic heterocycles. The first-order valence-corrected chi connectivity index (χ1v) is 4.62. The Morgan fingerprint density at radius 2 is 1.92 bits per heavy atom. The van der Waals surface area contributed by atoms with E-state index in [0.717, 1.165) is 11.6 Å². The number of rotatable bonds is 1. The van der Waals surface area contributed by atoms with E-state index in [-0.39, 0.29) is 31.0 Å². The van der Waals surface area contributed by atoms with Crippen LogP contribution >= 0.6 is 0 Å². The smallest absolute Gasteiger partial charge is 1.00 e. The summed E-state index contributed by atoms with van der Waals surface area (Å²) in [4.78, 5) is -0.465. The molecule has 0 amide bonds. The number of phenolic OH excluding ortho intramolecular Hbond substituents is 1. The molecule has 13 heavy (non-hydrogen) atoms. The van der Waals surface area contributed by atoms with Gasteiger partial charge in [0, 0.05) is 0 Å². The average molecular weight is 212 g/mol. The zero-order valence-electron chi connectivity index (χ0n) is 8.35. The first-order valence-electron chi connectivity index (χ1n) is 3.18. The van der Waals surface area contributed by atoms with Gasteiger partial charge >= 0.3 is 29.6 Å². The second kappa shape index (κ2) is 4.43. The van der Waals surface area contributed by atoms with Crippen molar-refractivity contribution in [2.75, 3.05) is 0 Å². The minimum atomic E-state index is -4.30. The van der Waals surface area contributed by atoms with Gasteiger partial charge in [-0.1, -0.05) is 6.07 Å². The Kier molecular flexibility index (Phi) is 4.41. The normalized spacial score (nSPS) is 10.6. The monoisotopic (exact) mass is 212 g/mol. The van der Waals surface area contributed by atoms with E-state index in [4.69, 9.17) is 9.66 Å². The predicted molar refractivity (Wildman–Crippen MR) is 43.8 cm³/mol. The van der Waals surface area contributed by atoms with E-state index in [0.29, 0.717) is 0 Å². The van der Waals surface area contributed by atoms with Crippen molar-refractivity contribution < 1.29 is 49.1 Å². The molecule has 0 unspecified atom stereocenters. The third-order valence-electron chi connectivity index (χ3n) is 1.39. The van der Waals surface area contributed by atoms with Crippen LogP contribution in [0.2, 0.25) is 0 Å². The summed E-state index contributed by atoms with van der Waals surface area (Å²) >= 11 is 0. The van der Waals surface area contributed by atoms with Gasteiger partial charge in [0.2, 0.25) is 0 Å². The van der Waals surface area contributed by atoms with E-state index in [1.165, 1.54) is 12.1 Å². The summed E-state index contributed by atoms with van der Waals surface area (Å²) in [5, 5.41) is 9.09. The largest absolute Gasteiger partial charge is 1.00 e. The Hall–Kier alpha value is -0.0700. The molecule has 2 N–H and O–H groups in total. The van der Waals surface area contributed by atoms with Crippen LogP contribution in [0.4, 0.5) is 0 Å². The van der Waals surface area contributed by atoms with E-state index in [1.807, 2.05) is 0 Å². The maximum absolute atomic E-state index is 10.6. The van der Waals surface area contributed by atoms with Gasteiger partial charge in [0.05, 0.1) is 0 Å². The summed E-state index contributed by atoms with van der Waals surface area (Å²) < 4.78 is 29.7. The topological polar surface area (TPSA) is 74.6 Å². The molecule has 0 bridgehead atoms. The molecule has 1 aromatic rings. The van der Waals surface area contributed by atoms with Crippen molar-refractivity contribution >= 4 is 10.1 Å². The Morgan fingerprint density at radius 1 is 1.38 bits per heavy atom. The van der Waals surface area contributed by atoms with E-state index < -0.39 is 20.8 Å². The first kappa shape index (κ1) is 12.9. The van der Waals surface area contributed by atoms with Crippen molar-refractivity contribution in [1.82, 2.24) is 0 Å². The fourth-order valence-corrected chi connectivity index (χ4v) is 1.41. The maximum Gasteiger partial charge on any atom is 1.00 e. The summed E-state index contributed by atoms with van der Waals surface area (Å²) in [5.74, 6) is -0.433. The average Bonchev–Trinajstić information content (AvgIpc) is 1.83. The summed E-state index contributed by atoms with van der Waals surface area (Å²) in [5.41, 5.74) is 0.722. The molecule has 0 spiro atoms. The Bertz CT molecular complexity index is 404. The molecule has 0 saturated heterocycles. The van der Waals surface area contributed by atoms with E-state index >= 15 is 0 Å². The zero-order chi connectivity index (χ0) is 9.35. The van der Waals surface area contributed by atoms with Gasteiger partial charge in [-0.2, -0.15) is 8.42 Å². The van der Waals surface area contributed by atoms with Gasteiger partial charge in [-0.15, -0.1) is 0 Å².